The molecule has 0 aliphatic heterocycles. The van der Waals surface area contributed by atoms with Gasteiger partial charge in [0.1, 0.15) is 0 Å². The Morgan fingerprint density at radius 3 is 2.53 bits per heavy atom. The van der Waals surface area contributed by atoms with Gasteiger partial charge < -0.3 is 4.18 Å². The van der Waals surface area contributed by atoms with Crippen LogP contribution in [0.1, 0.15) is 6.92 Å². The van der Waals surface area contributed by atoms with Gasteiger partial charge in [0.2, 0.25) is 5.82 Å². The van der Waals surface area contributed by atoms with E-state index in [-0.39, 0.29) is 10.2 Å². The quantitative estimate of drug-likeness (QED) is 0.636. The summed E-state index contributed by atoms with van der Waals surface area (Å²) in [7, 11) is -3.87. The third-order valence-corrected chi connectivity index (χ3v) is 3.32. The molecule has 0 radical (unpaired) electrons. The van der Waals surface area contributed by atoms with Gasteiger partial charge in [-0.3, -0.25) is 0 Å². The summed E-state index contributed by atoms with van der Waals surface area (Å²) in [6.07, 6.45) is 0. The molecule has 0 aromatic heterocycles. The lowest BCUT2D eigenvalue weighted by Crippen LogP contribution is -2.13. The third-order valence-electron chi connectivity index (χ3n) is 1.57. The summed E-state index contributed by atoms with van der Waals surface area (Å²) in [5.74, 6) is -3.48. The molecule has 0 bridgehead atoms. The van der Waals surface area contributed by atoms with E-state index in [2.05, 4.69) is 20.1 Å². The number of rotatable bonds is 3. The molecule has 0 heterocycles. The van der Waals surface area contributed by atoms with Crippen LogP contribution < -0.4 is 4.18 Å². The maximum atomic E-state index is 13.1. The summed E-state index contributed by atoms with van der Waals surface area (Å²) in [5, 5.41) is 0. The summed E-state index contributed by atoms with van der Waals surface area (Å²) in [4.78, 5) is 0. The van der Waals surface area contributed by atoms with Crippen LogP contribution in [0, 0.1) is 11.6 Å². The molecule has 84 valence electrons. The zero-order chi connectivity index (χ0) is 11.6. The highest BCUT2D eigenvalue weighted by molar-refractivity contribution is 9.10. The highest BCUT2D eigenvalue weighted by atomic mass is 79.9. The highest BCUT2D eigenvalue weighted by Gasteiger charge is 2.19. The molecule has 1 aromatic rings. The standard InChI is InChI=1S/C8H7BrF2O3S/c1-2-15(12,13)14-8-5(9)3-4-6(10)7(8)11/h3-4H,2H2,1H3. The Morgan fingerprint density at radius 2 is 2.00 bits per heavy atom. The van der Waals surface area contributed by atoms with Crippen molar-refractivity contribution in [3.05, 3.63) is 28.2 Å². The molecule has 15 heavy (non-hydrogen) atoms. The predicted molar refractivity (Wildman–Crippen MR) is 54.1 cm³/mol. The molecule has 1 rings (SSSR count). The number of hydrogen-bond donors (Lipinski definition) is 0. The van der Waals surface area contributed by atoms with E-state index in [0.717, 1.165) is 6.07 Å². The van der Waals surface area contributed by atoms with Gasteiger partial charge in [-0.1, -0.05) is 0 Å². The molecule has 1 aromatic carbocycles. The van der Waals surface area contributed by atoms with Crippen molar-refractivity contribution in [3.63, 3.8) is 0 Å². The average molecular weight is 301 g/mol. The molecule has 3 nitrogen and oxygen atoms in total. The fourth-order valence-electron chi connectivity index (χ4n) is 0.771. The predicted octanol–water partition coefficient (Wildman–Crippen LogP) is 2.46. The molecule has 0 saturated heterocycles. The fraction of sp³-hybridized carbons (Fsp3) is 0.250. The average Bonchev–Trinajstić information content (AvgIpc) is 2.19. The first-order chi connectivity index (χ1) is 6.87. The third kappa shape index (κ3) is 2.88. The molecule has 0 spiro atoms. The molecule has 0 fully saturated rings. The van der Waals surface area contributed by atoms with Crippen LogP contribution in [0.15, 0.2) is 16.6 Å². The van der Waals surface area contributed by atoms with Crippen molar-refractivity contribution in [3.8, 4) is 5.75 Å². The molecule has 0 unspecified atom stereocenters. The molecule has 0 N–H and O–H groups in total. The Kier molecular flexibility index (Phi) is 3.67. The first-order valence-corrected chi connectivity index (χ1v) is 6.30. The van der Waals surface area contributed by atoms with Crippen LogP contribution in [0.2, 0.25) is 0 Å². The van der Waals surface area contributed by atoms with Crippen molar-refractivity contribution in [2.75, 3.05) is 5.75 Å². The van der Waals surface area contributed by atoms with Crippen LogP contribution in [0.4, 0.5) is 8.78 Å². The summed E-state index contributed by atoms with van der Waals surface area (Å²) >= 11 is 2.87. The Balaban J connectivity index is 3.21. The van der Waals surface area contributed by atoms with Crippen LogP contribution in [0.5, 0.6) is 5.75 Å². The lowest BCUT2D eigenvalue weighted by molar-refractivity contribution is 0.436. The van der Waals surface area contributed by atoms with E-state index >= 15 is 0 Å². The minimum atomic E-state index is -3.87. The van der Waals surface area contributed by atoms with Crippen LogP contribution in [-0.2, 0) is 10.1 Å². The second-order valence-electron chi connectivity index (χ2n) is 2.60. The SMILES string of the molecule is CCS(=O)(=O)Oc1c(Br)ccc(F)c1F. The van der Waals surface area contributed by atoms with Gasteiger partial charge in [-0.25, -0.2) is 4.39 Å². The smallest absolute Gasteiger partial charge is 0.309 e. The van der Waals surface area contributed by atoms with Crippen LogP contribution in [0.25, 0.3) is 0 Å². The Bertz CT molecular complexity index is 473. The monoisotopic (exact) mass is 300 g/mol. The van der Waals surface area contributed by atoms with Gasteiger partial charge in [-0.2, -0.15) is 12.8 Å². The minimum Gasteiger partial charge on any atom is -0.378 e. The Hall–Kier alpha value is -0.690. The fourth-order valence-corrected chi connectivity index (χ4v) is 1.80. The molecule has 0 aliphatic carbocycles. The Labute approximate surface area is 94.3 Å². The molecule has 0 saturated carbocycles. The number of halogens is 3. The van der Waals surface area contributed by atoms with Crippen molar-refractivity contribution in [2.45, 2.75) is 6.92 Å². The molecular weight excluding hydrogens is 294 g/mol. The van der Waals surface area contributed by atoms with Gasteiger partial charge in [0.15, 0.2) is 11.6 Å². The number of benzene rings is 1. The van der Waals surface area contributed by atoms with Gasteiger partial charge in [0.05, 0.1) is 10.2 Å². The zero-order valence-electron chi connectivity index (χ0n) is 7.63. The van der Waals surface area contributed by atoms with E-state index in [9.17, 15) is 17.2 Å². The summed E-state index contributed by atoms with van der Waals surface area (Å²) in [5.41, 5.74) is 0. The van der Waals surface area contributed by atoms with Crippen LogP contribution in [0.3, 0.4) is 0 Å². The lowest BCUT2D eigenvalue weighted by atomic mass is 10.3. The van der Waals surface area contributed by atoms with E-state index < -0.39 is 27.5 Å². The van der Waals surface area contributed by atoms with Gasteiger partial charge in [-0.05, 0) is 35.0 Å². The maximum absolute atomic E-state index is 13.1. The molecule has 0 amide bonds. The molecule has 7 heteroatoms. The van der Waals surface area contributed by atoms with Crippen molar-refractivity contribution in [2.24, 2.45) is 0 Å². The molecule has 0 aliphatic rings. The van der Waals surface area contributed by atoms with E-state index in [1.54, 1.807) is 0 Å². The first-order valence-electron chi connectivity index (χ1n) is 3.93. The van der Waals surface area contributed by atoms with E-state index in [1.807, 2.05) is 0 Å². The van der Waals surface area contributed by atoms with Crippen molar-refractivity contribution < 1.29 is 21.4 Å². The summed E-state index contributed by atoms with van der Waals surface area (Å²) in [6, 6.07) is 2.03. The second-order valence-corrected chi connectivity index (χ2v) is 5.32. The molecular formula is C8H7BrF2O3S. The van der Waals surface area contributed by atoms with E-state index in [1.165, 1.54) is 13.0 Å². The Morgan fingerprint density at radius 1 is 1.40 bits per heavy atom. The van der Waals surface area contributed by atoms with Gasteiger partial charge in [0.25, 0.3) is 0 Å². The first kappa shape index (κ1) is 12.4. The van der Waals surface area contributed by atoms with Crippen LogP contribution in [-0.4, -0.2) is 14.2 Å². The zero-order valence-corrected chi connectivity index (χ0v) is 10.0. The largest absolute Gasteiger partial charge is 0.378 e. The van der Waals surface area contributed by atoms with Gasteiger partial charge >= 0.3 is 10.1 Å². The van der Waals surface area contributed by atoms with Gasteiger partial charge in [-0.15, -0.1) is 0 Å². The van der Waals surface area contributed by atoms with E-state index in [0.29, 0.717) is 0 Å². The minimum absolute atomic E-state index is 0.0402. The lowest BCUT2D eigenvalue weighted by Gasteiger charge is -2.08. The van der Waals surface area contributed by atoms with Crippen molar-refractivity contribution >= 4 is 26.0 Å². The summed E-state index contributed by atoms with van der Waals surface area (Å²) < 4.78 is 52.5. The topological polar surface area (TPSA) is 43.4 Å². The highest BCUT2D eigenvalue weighted by Crippen LogP contribution is 2.30. The van der Waals surface area contributed by atoms with Crippen molar-refractivity contribution in [1.29, 1.82) is 0 Å². The van der Waals surface area contributed by atoms with Crippen LogP contribution >= 0.6 is 15.9 Å². The molecule has 0 atom stereocenters. The van der Waals surface area contributed by atoms with E-state index in [4.69, 9.17) is 0 Å². The maximum Gasteiger partial charge on any atom is 0.309 e. The normalized spacial score (nSPS) is 11.5. The van der Waals surface area contributed by atoms with Crippen molar-refractivity contribution in [1.82, 2.24) is 0 Å². The second kappa shape index (κ2) is 4.44. The van der Waals surface area contributed by atoms with Gasteiger partial charge in [0, 0.05) is 0 Å². The summed E-state index contributed by atoms with van der Waals surface area (Å²) in [6.45, 7) is 1.33. The number of hydrogen-bond acceptors (Lipinski definition) is 3.